The maximum atomic E-state index is 13.8. The van der Waals surface area contributed by atoms with Crippen LogP contribution in [0.4, 0.5) is 0 Å². The van der Waals surface area contributed by atoms with E-state index < -0.39 is 5.66 Å². The molecule has 5 heterocycles. The molecule has 33 heavy (non-hydrogen) atoms. The predicted molar refractivity (Wildman–Crippen MR) is 118 cm³/mol. The van der Waals surface area contributed by atoms with Gasteiger partial charge in [0, 0.05) is 30.2 Å². The van der Waals surface area contributed by atoms with E-state index in [9.17, 15) is 9.59 Å². The molecule has 0 bridgehead atoms. The topological polar surface area (TPSA) is 93.7 Å². The van der Waals surface area contributed by atoms with Gasteiger partial charge < -0.3 is 23.6 Å². The first-order valence-corrected chi connectivity index (χ1v) is 10.7. The fourth-order valence-electron chi connectivity index (χ4n) is 5.11. The van der Waals surface area contributed by atoms with Gasteiger partial charge in [0.15, 0.2) is 5.66 Å². The van der Waals surface area contributed by atoms with E-state index in [4.69, 9.17) is 9.26 Å². The van der Waals surface area contributed by atoms with Crippen molar-refractivity contribution in [1.82, 2.24) is 24.5 Å². The Morgan fingerprint density at radius 1 is 1.18 bits per heavy atom. The van der Waals surface area contributed by atoms with Gasteiger partial charge in [-0.05, 0) is 37.3 Å². The van der Waals surface area contributed by atoms with Crippen LogP contribution >= 0.6 is 0 Å². The first kappa shape index (κ1) is 19.5. The van der Waals surface area contributed by atoms with Crippen molar-refractivity contribution in [1.29, 1.82) is 0 Å². The van der Waals surface area contributed by atoms with Crippen molar-refractivity contribution in [2.24, 2.45) is 0 Å². The Balaban J connectivity index is 1.58. The van der Waals surface area contributed by atoms with Gasteiger partial charge in [0.05, 0.1) is 19.3 Å². The zero-order valence-electron chi connectivity index (χ0n) is 18.2. The molecular weight excluding hydrogens is 422 g/mol. The van der Waals surface area contributed by atoms with Gasteiger partial charge in [-0.25, -0.2) is 4.98 Å². The summed E-state index contributed by atoms with van der Waals surface area (Å²) in [6.07, 6.45) is 3.08. The zero-order valence-corrected chi connectivity index (χ0v) is 18.2. The van der Waals surface area contributed by atoms with Crippen LogP contribution in [0.1, 0.15) is 32.1 Å². The van der Waals surface area contributed by atoms with E-state index in [2.05, 4.69) is 10.1 Å². The zero-order chi connectivity index (χ0) is 22.7. The highest BCUT2D eigenvalue weighted by Gasteiger charge is 2.56. The third-order valence-corrected chi connectivity index (χ3v) is 6.72. The third kappa shape index (κ3) is 2.59. The molecule has 2 aliphatic heterocycles. The number of rotatable bonds is 3. The normalized spacial score (nSPS) is 19.6. The highest BCUT2D eigenvalue weighted by Crippen LogP contribution is 2.45. The van der Waals surface area contributed by atoms with Gasteiger partial charge in [0.2, 0.25) is 0 Å². The van der Waals surface area contributed by atoms with Gasteiger partial charge >= 0.3 is 0 Å². The summed E-state index contributed by atoms with van der Waals surface area (Å²) >= 11 is 0. The molecule has 0 N–H and O–H groups in total. The minimum atomic E-state index is -1.03. The SMILES string of the molecule is COc1ccc(C23Cn4c(cc5cccnc54)C(=O)N2CCN3C(=O)c2conc2C)cc1. The number of pyridine rings is 1. The van der Waals surface area contributed by atoms with Crippen LogP contribution in [0.25, 0.3) is 11.0 Å². The summed E-state index contributed by atoms with van der Waals surface area (Å²) in [5.74, 6) is 0.337. The van der Waals surface area contributed by atoms with Crippen LogP contribution in [-0.4, -0.2) is 56.5 Å². The van der Waals surface area contributed by atoms with E-state index in [0.717, 1.165) is 10.9 Å². The Bertz CT molecular complexity index is 1410. The average molecular weight is 443 g/mol. The quantitative estimate of drug-likeness (QED) is 0.483. The van der Waals surface area contributed by atoms with Crippen LogP contribution in [-0.2, 0) is 12.2 Å². The number of methoxy groups -OCH3 is 1. The average Bonchev–Trinajstić information content (AvgIpc) is 3.55. The molecule has 1 aromatic carbocycles. The van der Waals surface area contributed by atoms with E-state index >= 15 is 0 Å². The van der Waals surface area contributed by atoms with Crippen molar-refractivity contribution in [3.8, 4) is 5.75 Å². The van der Waals surface area contributed by atoms with Gasteiger partial charge in [-0.1, -0.05) is 17.3 Å². The van der Waals surface area contributed by atoms with Gasteiger partial charge in [-0.15, -0.1) is 0 Å². The molecule has 1 atom stereocenters. The number of aryl methyl sites for hydroxylation is 1. The molecule has 1 fully saturated rings. The second kappa shape index (κ2) is 6.93. The minimum absolute atomic E-state index is 0.132. The lowest BCUT2D eigenvalue weighted by molar-refractivity contribution is -0.00530. The highest BCUT2D eigenvalue weighted by molar-refractivity contribution is 6.01. The minimum Gasteiger partial charge on any atom is -0.497 e. The second-order valence-corrected chi connectivity index (χ2v) is 8.30. The molecule has 3 aromatic heterocycles. The van der Waals surface area contributed by atoms with Crippen molar-refractivity contribution in [3.05, 3.63) is 77.4 Å². The van der Waals surface area contributed by atoms with Crippen LogP contribution in [0.3, 0.4) is 0 Å². The molecule has 6 rings (SSSR count). The van der Waals surface area contributed by atoms with Gasteiger partial charge in [-0.2, -0.15) is 0 Å². The highest BCUT2D eigenvalue weighted by atomic mass is 16.5. The second-order valence-electron chi connectivity index (χ2n) is 8.30. The molecule has 0 spiro atoms. The molecule has 9 heteroatoms. The smallest absolute Gasteiger partial charge is 0.272 e. The molecule has 1 unspecified atom stereocenters. The fourth-order valence-corrected chi connectivity index (χ4v) is 5.11. The Labute approximate surface area is 189 Å². The number of hydrogen-bond donors (Lipinski definition) is 0. The van der Waals surface area contributed by atoms with Crippen LogP contribution in [0, 0.1) is 6.92 Å². The number of nitrogens with zero attached hydrogens (tertiary/aromatic N) is 5. The summed E-state index contributed by atoms with van der Waals surface area (Å²) in [5, 5.41) is 4.77. The molecule has 0 aliphatic carbocycles. The number of ether oxygens (including phenoxy) is 1. The first-order chi connectivity index (χ1) is 16.0. The van der Waals surface area contributed by atoms with E-state index in [1.165, 1.54) is 6.26 Å². The van der Waals surface area contributed by atoms with Gasteiger partial charge in [-0.3, -0.25) is 9.59 Å². The molecule has 0 radical (unpaired) electrons. The molecule has 0 saturated carbocycles. The van der Waals surface area contributed by atoms with E-state index in [0.29, 0.717) is 48.0 Å². The van der Waals surface area contributed by atoms with E-state index in [-0.39, 0.29) is 11.8 Å². The lowest BCUT2D eigenvalue weighted by Crippen LogP contribution is -2.60. The summed E-state index contributed by atoms with van der Waals surface area (Å²) in [7, 11) is 1.60. The van der Waals surface area contributed by atoms with E-state index in [1.54, 1.807) is 30.0 Å². The molecule has 2 amide bonds. The maximum absolute atomic E-state index is 13.8. The number of aromatic nitrogens is 3. The maximum Gasteiger partial charge on any atom is 0.272 e. The molecule has 9 nitrogen and oxygen atoms in total. The number of benzene rings is 1. The predicted octanol–water partition coefficient (Wildman–Crippen LogP) is 2.81. The van der Waals surface area contributed by atoms with Crippen LogP contribution in [0.2, 0.25) is 0 Å². The van der Waals surface area contributed by atoms with Crippen molar-refractivity contribution in [2.75, 3.05) is 20.2 Å². The summed E-state index contributed by atoms with van der Waals surface area (Å²) in [5.41, 5.74) is 1.98. The number of carbonyl (C=O) groups is 2. The lowest BCUT2D eigenvalue weighted by Gasteiger charge is -2.47. The number of amides is 2. The van der Waals surface area contributed by atoms with Crippen LogP contribution < -0.4 is 4.74 Å². The Hall–Kier alpha value is -4.14. The van der Waals surface area contributed by atoms with Crippen molar-refractivity contribution in [3.63, 3.8) is 0 Å². The molecule has 166 valence electrons. The standard InChI is InChI=1S/C24H21N5O4/c1-15-19(13-33-26-15)22(30)28-10-11-29-23(31)20-12-16-4-3-9-25-21(16)27(20)14-24(28,29)17-5-7-18(32-2)8-6-17/h3-9,12-13H,10-11,14H2,1-2H3. The third-order valence-electron chi connectivity index (χ3n) is 6.72. The van der Waals surface area contributed by atoms with Crippen LogP contribution in [0.5, 0.6) is 5.75 Å². The van der Waals surface area contributed by atoms with Gasteiger partial charge in [0.25, 0.3) is 11.8 Å². The molecule has 2 aliphatic rings. The lowest BCUT2D eigenvalue weighted by atomic mass is 9.93. The van der Waals surface area contributed by atoms with E-state index in [1.807, 2.05) is 47.0 Å². The van der Waals surface area contributed by atoms with Crippen LogP contribution in [0.15, 0.2) is 59.4 Å². The Morgan fingerprint density at radius 2 is 2.00 bits per heavy atom. The summed E-state index contributed by atoms with van der Waals surface area (Å²) in [4.78, 5) is 35.6. The van der Waals surface area contributed by atoms with Crippen molar-refractivity contribution in [2.45, 2.75) is 19.1 Å². The number of fused-ring (bicyclic) bond motifs is 4. The van der Waals surface area contributed by atoms with Crippen molar-refractivity contribution >= 4 is 22.8 Å². The van der Waals surface area contributed by atoms with Crippen molar-refractivity contribution < 1.29 is 18.8 Å². The largest absolute Gasteiger partial charge is 0.497 e. The monoisotopic (exact) mass is 443 g/mol. The Morgan fingerprint density at radius 3 is 2.73 bits per heavy atom. The molecule has 4 aromatic rings. The Kier molecular flexibility index (Phi) is 4.10. The fraction of sp³-hybridized carbons (Fsp3) is 0.250. The molecular formula is C24H21N5O4. The first-order valence-electron chi connectivity index (χ1n) is 10.7. The number of carbonyl (C=O) groups excluding carboxylic acids is 2. The summed E-state index contributed by atoms with van der Waals surface area (Å²) in [6, 6.07) is 13.2. The number of hydrogen-bond acceptors (Lipinski definition) is 6. The summed E-state index contributed by atoms with van der Waals surface area (Å²) in [6.45, 7) is 2.89. The summed E-state index contributed by atoms with van der Waals surface area (Å²) < 4.78 is 12.3. The van der Waals surface area contributed by atoms with Gasteiger partial charge in [0.1, 0.15) is 28.9 Å². The molecule has 1 saturated heterocycles.